The van der Waals surface area contributed by atoms with Crippen molar-refractivity contribution < 1.29 is 9.90 Å². The minimum absolute atomic E-state index is 0.324. The van der Waals surface area contributed by atoms with E-state index < -0.39 is 11.6 Å². The summed E-state index contributed by atoms with van der Waals surface area (Å²) < 4.78 is 0. The Labute approximate surface area is 66.8 Å². The zero-order chi connectivity index (χ0) is 9.07. The van der Waals surface area contributed by atoms with Gasteiger partial charge in [-0.05, 0) is 13.3 Å². The second-order valence-corrected chi connectivity index (χ2v) is 2.65. The number of hydrogen-bond acceptors (Lipinski definition) is 3. The number of amides is 1. The molecule has 0 unspecified atom stereocenters. The summed E-state index contributed by atoms with van der Waals surface area (Å²) in [5, 5.41) is 11.6. The summed E-state index contributed by atoms with van der Waals surface area (Å²) in [6.07, 6.45) is -0.405. The van der Waals surface area contributed by atoms with Crippen molar-refractivity contribution in [2.45, 2.75) is 31.9 Å². The summed E-state index contributed by atoms with van der Waals surface area (Å²) >= 11 is 0. The van der Waals surface area contributed by atoms with Crippen molar-refractivity contribution in [3.05, 3.63) is 0 Å². The maximum absolute atomic E-state index is 11.1. The molecule has 0 aliphatic carbocycles. The van der Waals surface area contributed by atoms with Crippen LogP contribution in [0, 0.1) is 0 Å². The lowest BCUT2D eigenvalue weighted by Gasteiger charge is -2.28. The van der Waals surface area contributed by atoms with E-state index in [2.05, 4.69) is 5.32 Å². The fourth-order valence-corrected chi connectivity index (χ4v) is 0.878. The van der Waals surface area contributed by atoms with Crippen LogP contribution in [0.5, 0.6) is 0 Å². The van der Waals surface area contributed by atoms with Crippen LogP contribution in [0.2, 0.25) is 0 Å². The van der Waals surface area contributed by atoms with E-state index in [0.29, 0.717) is 6.42 Å². The summed E-state index contributed by atoms with van der Waals surface area (Å²) in [6, 6.07) is 0. The second-order valence-electron chi connectivity index (χ2n) is 2.65. The molecule has 11 heavy (non-hydrogen) atoms. The van der Waals surface area contributed by atoms with E-state index in [1.807, 2.05) is 0 Å². The van der Waals surface area contributed by atoms with Crippen molar-refractivity contribution >= 4 is 5.91 Å². The van der Waals surface area contributed by atoms with Gasteiger partial charge in [0, 0.05) is 7.05 Å². The molecule has 0 aliphatic heterocycles. The zero-order valence-corrected chi connectivity index (χ0v) is 7.22. The average Bonchev–Trinajstić information content (AvgIpc) is 2.01. The summed E-state index contributed by atoms with van der Waals surface area (Å²) in [4.78, 5) is 11.1. The Morgan fingerprint density at radius 1 is 1.82 bits per heavy atom. The fourth-order valence-electron chi connectivity index (χ4n) is 0.878. The molecule has 0 spiro atoms. The molecule has 0 radical (unpaired) electrons. The van der Waals surface area contributed by atoms with Crippen molar-refractivity contribution in [3.8, 4) is 0 Å². The van der Waals surface area contributed by atoms with Gasteiger partial charge in [-0.3, -0.25) is 4.79 Å². The molecule has 0 rings (SSSR count). The highest BCUT2D eigenvalue weighted by Gasteiger charge is 2.36. The lowest BCUT2D eigenvalue weighted by Crippen LogP contribution is -2.59. The Morgan fingerprint density at radius 2 is 2.27 bits per heavy atom. The fraction of sp³-hybridized carbons (Fsp3) is 0.857. The molecule has 4 heteroatoms. The number of carbonyl (C=O) groups excluding carboxylic acids is 1. The number of hydrogen-bond donors (Lipinski definition) is 3. The lowest BCUT2D eigenvalue weighted by atomic mass is 9.90. The monoisotopic (exact) mass is 160 g/mol. The van der Waals surface area contributed by atoms with Gasteiger partial charge in [-0.1, -0.05) is 6.92 Å². The molecular weight excluding hydrogens is 144 g/mol. The third kappa shape index (κ3) is 1.91. The maximum atomic E-state index is 11.1. The predicted octanol–water partition coefficient (Wildman–Crippen LogP) is -0.779. The largest absolute Gasteiger partial charge is 0.391 e. The number of aliphatic hydroxyl groups excluding tert-OH is 1. The van der Waals surface area contributed by atoms with E-state index in [1.54, 1.807) is 6.92 Å². The van der Waals surface area contributed by atoms with Gasteiger partial charge < -0.3 is 16.2 Å². The number of carbonyl (C=O) groups is 1. The van der Waals surface area contributed by atoms with E-state index in [9.17, 15) is 9.90 Å². The molecule has 1 amide bonds. The van der Waals surface area contributed by atoms with Crippen LogP contribution in [0.15, 0.2) is 0 Å². The Bertz CT molecular complexity index is 147. The van der Waals surface area contributed by atoms with Gasteiger partial charge in [-0.15, -0.1) is 0 Å². The average molecular weight is 160 g/mol. The zero-order valence-electron chi connectivity index (χ0n) is 7.22. The molecule has 66 valence electrons. The Balaban J connectivity index is 4.45. The molecule has 0 aromatic rings. The van der Waals surface area contributed by atoms with Crippen LogP contribution in [-0.4, -0.2) is 29.7 Å². The van der Waals surface area contributed by atoms with E-state index in [-0.39, 0.29) is 5.91 Å². The first-order valence-electron chi connectivity index (χ1n) is 3.68. The minimum Gasteiger partial charge on any atom is -0.391 e. The highest BCUT2D eigenvalue weighted by molar-refractivity contribution is 5.86. The van der Waals surface area contributed by atoms with Crippen LogP contribution < -0.4 is 11.1 Å². The molecule has 0 bridgehead atoms. The Kier molecular flexibility index (Phi) is 3.48. The molecule has 0 aliphatic rings. The third-order valence-corrected chi connectivity index (χ3v) is 1.98. The molecule has 0 aromatic heterocycles. The van der Waals surface area contributed by atoms with E-state index in [1.165, 1.54) is 14.0 Å². The van der Waals surface area contributed by atoms with Gasteiger partial charge in [-0.2, -0.15) is 0 Å². The SMILES string of the molecule is CC[C@@](N)(C(=O)NC)[C@@H](C)O. The topological polar surface area (TPSA) is 75.4 Å². The number of nitrogens with two attached hydrogens (primary N) is 1. The standard InChI is InChI=1S/C7H16N2O2/c1-4-7(8,5(2)10)6(11)9-3/h5,10H,4,8H2,1-3H3,(H,9,11)/t5-,7+/m1/s1. The smallest absolute Gasteiger partial charge is 0.242 e. The van der Waals surface area contributed by atoms with Crippen molar-refractivity contribution in [2.75, 3.05) is 7.05 Å². The number of rotatable bonds is 3. The van der Waals surface area contributed by atoms with E-state index >= 15 is 0 Å². The van der Waals surface area contributed by atoms with Gasteiger partial charge in [0.15, 0.2) is 0 Å². The van der Waals surface area contributed by atoms with Gasteiger partial charge in [0.25, 0.3) is 0 Å². The minimum atomic E-state index is -1.14. The molecule has 0 aromatic carbocycles. The van der Waals surface area contributed by atoms with E-state index in [4.69, 9.17) is 5.73 Å². The molecular formula is C7H16N2O2. The van der Waals surface area contributed by atoms with Gasteiger partial charge in [-0.25, -0.2) is 0 Å². The highest BCUT2D eigenvalue weighted by atomic mass is 16.3. The van der Waals surface area contributed by atoms with Gasteiger partial charge in [0.2, 0.25) is 5.91 Å². The first-order valence-corrected chi connectivity index (χ1v) is 3.68. The summed E-state index contributed by atoms with van der Waals surface area (Å²) in [5.41, 5.74) is 4.49. The van der Waals surface area contributed by atoms with Crippen LogP contribution >= 0.6 is 0 Å². The number of likely N-dealkylation sites (N-methyl/N-ethyl adjacent to an activating group) is 1. The number of aliphatic hydroxyl groups is 1. The second kappa shape index (κ2) is 3.69. The quantitative estimate of drug-likeness (QED) is 0.507. The summed E-state index contributed by atoms with van der Waals surface area (Å²) in [6.45, 7) is 3.28. The van der Waals surface area contributed by atoms with Crippen molar-refractivity contribution in [3.63, 3.8) is 0 Å². The molecule has 0 saturated heterocycles. The van der Waals surface area contributed by atoms with Gasteiger partial charge in [0.1, 0.15) is 5.54 Å². The summed E-state index contributed by atoms with van der Waals surface area (Å²) in [7, 11) is 1.50. The van der Waals surface area contributed by atoms with Crippen molar-refractivity contribution in [1.29, 1.82) is 0 Å². The number of nitrogens with one attached hydrogen (secondary N) is 1. The Hall–Kier alpha value is -0.610. The van der Waals surface area contributed by atoms with Crippen molar-refractivity contribution in [1.82, 2.24) is 5.32 Å². The maximum Gasteiger partial charge on any atom is 0.242 e. The third-order valence-electron chi connectivity index (χ3n) is 1.98. The first-order chi connectivity index (χ1) is 4.99. The molecule has 0 fully saturated rings. The summed E-state index contributed by atoms with van der Waals surface area (Å²) in [5.74, 6) is -0.324. The normalized spacial score (nSPS) is 18.6. The van der Waals surface area contributed by atoms with Gasteiger partial charge >= 0.3 is 0 Å². The van der Waals surface area contributed by atoms with Crippen LogP contribution in [0.3, 0.4) is 0 Å². The van der Waals surface area contributed by atoms with E-state index in [0.717, 1.165) is 0 Å². The predicted molar refractivity (Wildman–Crippen MR) is 43.0 cm³/mol. The molecule has 0 saturated carbocycles. The van der Waals surface area contributed by atoms with Crippen molar-refractivity contribution in [2.24, 2.45) is 5.73 Å². The molecule has 2 atom stereocenters. The molecule has 0 heterocycles. The lowest BCUT2D eigenvalue weighted by molar-refractivity contribution is -0.129. The van der Waals surface area contributed by atoms with Crippen LogP contribution in [0.4, 0.5) is 0 Å². The Morgan fingerprint density at radius 3 is 2.36 bits per heavy atom. The first kappa shape index (κ1) is 10.4. The van der Waals surface area contributed by atoms with Crippen LogP contribution in [0.1, 0.15) is 20.3 Å². The highest BCUT2D eigenvalue weighted by Crippen LogP contribution is 2.11. The molecule has 4 nitrogen and oxygen atoms in total. The van der Waals surface area contributed by atoms with Crippen LogP contribution in [-0.2, 0) is 4.79 Å². The molecule has 4 N–H and O–H groups in total. The van der Waals surface area contributed by atoms with Crippen LogP contribution in [0.25, 0.3) is 0 Å². The van der Waals surface area contributed by atoms with Gasteiger partial charge in [0.05, 0.1) is 6.10 Å².